The van der Waals surface area contributed by atoms with Crippen molar-refractivity contribution in [1.29, 1.82) is 0 Å². The summed E-state index contributed by atoms with van der Waals surface area (Å²) in [5.74, 6) is -4.05. The Kier molecular flexibility index (Phi) is 4.62. The van der Waals surface area contributed by atoms with Crippen LogP contribution in [-0.4, -0.2) is 28.2 Å². The lowest BCUT2D eigenvalue weighted by molar-refractivity contribution is -0.141. The van der Waals surface area contributed by atoms with Crippen LogP contribution in [0.15, 0.2) is 12.7 Å². The average molecular weight is 248 g/mol. The SMILES string of the molecule is C=CCC(CC1CC(F)(F)C1)C(O)CC(=O)O. The Morgan fingerprint density at radius 3 is 2.53 bits per heavy atom. The van der Waals surface area contributed by atoms with E-state index in [0.29, 0.717) is 12.8 Å². The van der Waals surface area contributed by atoms with Gasteiger partial charge in [-0.15, -0.1) is 6.58 Å². The van der Waals surface area contributed by atoms with E-state index in [1.54, 1.807) is 6.08 Å². The van der Waals surface area contributed by atoms with Gasteiger partial charge in [-0.3, -0.25) is 4.79 Å². The Balaban J connectivity index is 2.43. The minimum atomic E-state index is -2.57. The molecule has 2 atom stereocenters. The molecule has 1 saturated carbocycles. The van der Waals surface area contributed by atoms with E-state index in [1.807, 2.05) is 0 Å². The molecule has 0 amide bonds. The maximum atomic E-state index is 12.7. The molecule has 1 fully saturated rings. The third-order valence-corrected chi connectivity index (χ3v) is 3.21. The molecular weight excluding hydrogens is 230 g/mol. The molecule has 0 aromatic rings. The van der Waals surface area contributed by atoms with Crippen molar-refractivity contribution >= 4 is 5.97 Å². The van der Waals surface area contributed by atoms with Crippen LogP contribution >= 0.6 is 0 Å². The second kappa shape index (κ2) is 5.58. The lowest BCUT2D eigenvalue weighted by Crippen LogP contribution is -2.38. The summed E-state index contributed by atoms with van der Waals surface area (Å²) in [6, 6.07) is 0. The van der Waals surface area contributed by atoms with Crippen molar-refractivity contribution in [3.8, 4) is 0 Å². The molecule has 2 N–H and O–H groups in total. The molecule has 98 valence electrons. The van der Waals surface area contributed by atoms with E-state index in [2.05, 4.69) is 6.58 Å². The van der Waals surface area contributed by atoms with Crippen LogP contribution in [-0.2, 0) is 4.79 Å². The Labute approximate surface area is 99.1 Å². The minimum absolute atomic E-state index is 0.113. The van der Waals surface area contributed by atoms with Gasteiger partial charge in [0, 0.05) is 12.8 Å². The number of carboxylic acids is 1. The molecule has 17 heavy (non-hydrogen) atoms. The molecule has 3 nitrogen and oxygen atoms in total. The van der Waals surface area contributed by atoms with Crippen molar-refractivity contribution in [3.63, 3.8) is 0 Å². The fourth-order valence-corrected chi connectivity index (χ4v) is 2.35. The lowest BCUT2D eigenvalue weighted by atomic mass is 9.74. The molecule has 0 spiro atoms. The van der Waals surface area contributed by atoms with Crippen molar-refractivity contribution in [2.75, 3.05) is 0 Å². The number of aliphatic carboxylic acids is 1. The Bertz CT molecular complexity index is 283. The molecule has 0 saturated heterocycles. The van der Waals surface area contributed by atoms with Crippen LogP contribution in [0.4, 0.5) is 8.78 Å². The maximum absolute atomic E-state index is 12.7. The van der Waals surface area contributed by atoms with Crippen molar-refractivity contribution in [2.45, 2.75) is 44.1 Å². The lowest BCUT2D eigenvalue weighted by Gasteiger charge is -2.37. The topological polar surface area (TPSA) is 57.5 Å². The van der Waals surface area contributed by atoms with Crippen molar-refractivity contribution < 1.29 is 23.8 Å². The largest absolute Gasteiger partial charge is 0.481 e. The Morgan fingerprint density at radius 1 is 1.53 bits per heavy atom. The summed E-state index contributed by atoms with van der Waals surface area (Å²) < 4.78 is 25.3. The van der Waals surface area contributed by atoms with Gasteiger partial charge in [-0.25, -0.2) is 8.78 Å². The highest BCUT2D eigenvalue weighted by Gasteiger charge is 2.46. The number of allylic oxidation sites excluding steroid dienone is 1. The van der Waals surface area contributed by atoms with Crippen molar-refractivity contribution in [2.24, 2.45) is 11.8 Å². The monoisotopic (exact) mass is 248 g/mol. The molecule has 0 bridgehead atoms. The number of alkyl halides is 2. The summed E-state index contributed by atoms with van der Waals surface area (Å²) in [6.07, 6.45) is 0.849. The van der Waals surface area contributed by atoms with Gasteiger partial charge in [0.05, 0.1) is 12.5 Å². The van der Waals surface area contributed by atoms with E-state index in [4.69, 9.17) is 5.11 Å². The average Bonchev–Trinajstić information content (AvgIpc) is 2.12. The van der Waals surface area contributed by atoms with Gasteiger partial charge in [0.25, 0.3) is 0 Å². The summed E-state index contributed by atoms with van der Waals surface area (Å²) in [5.41, 5.74) is 0. The predicted octanol–water partition coefficient (Wildman–Crippen LogP) is 2.45. The molecule has 1 rings (SSSR count). The second-order valence-electron chi connectivity index (χ2n) is 4.82. The van der Waals surface area contributed by atoms with Crippen molar-refractivity contribution in [1.82, 2.24) is 0 Å². The molecule has 0 aromatic heterocycles. The number of aliphatic hydroxyl groups excluding tert-OH is 1. The number of hydrogen-bond donors (Lipinski definition) is 2. The van der Waals surface area contributed by atoms with Crippen LogP contribution in [0.1, 0.15) is 32.1 Å². The summed E-state index contributed by atoms with van der Waals surface area (Å²) in [5, 5.41) is 18.3. The van der Waals surface area contributed by atoms with Gasteiger partial charge in [-0.1, -0.05) is 6.08 Å². The summed E-state index contributed by atoms with van der Waals surface area (Å²) >= 11 is 0. The van der Waals surface area contributed by atoms with Crippen LogP contribution in [0.3, 0.4) is 0 Å². The summed E-state index contributed by atoms with van der Waals surface area (Å²) in [6.45, 7) is 3.54. The maximum Gasteiger partial charge on any atom is 0.305 e. The molecule has 0 aromatic carbocycles. The molecule has 0 aliphatic heterocycles. The van der Waals surface area contributed by atoms with Gasteiger partial charge in [-0.05, 0) is 24.7 Å². The van der Waals surface area contributed by atoms with Crippen LogP contribution in [0.25, 0.3) is 0 Å². The first-order chi connectivity index (χ1) is 7.84. The molecule has 5 heteroatoms. The zero-order valence-corrected chi connectivity index (χ0v) is 9.61. The molecule has 1 aliphatic rings. The fourth-order valence-electron chi connectivity index (χ4n) is 2.35. The first-order valence-corrected chi connectivity index (χ1v) is 5.72. The smallest absolute Gasteiger partial charge is 0.305 e. The molecule has 2 unspecified atom stereocenters. The van der Waals surface area contributed by atoms with E-state index < -0.39 is 18.0 Å². The van der Waals surface area contributed by atoms with E-state index in [9.17, 15) is 18.7 Å². The van der Waals surface area contributed by atoms with E-state index >= 15 is 0 Å². The number of carbonyl (C=O) groups is 1. The number of carboxylic acid groups (broad SMARTS) is 1. The molecule has 1 aliphatic carbocycles. The zero-order chi connectivity index (χ0) is 13.1. The predicted molar refractivity (Wildman–Crippen MR) is 58.9 cm³/mol. The van der Waals surface area contributed by atoms with Crippen LogP contribution in [0.2, 0.25) is 0 Å². The summed E-state index contributed by atoms with van der Waals surface area (Å²) in [4.78, 5) is 10.5. The molecular formula is C12H18F2O3. The molecule has 0 radical (unpaired) electrons. The summed E-state index contributed by atoms with van der Waals surface area (Å²) in [7, 11) is 0. The number of halogens is 2. The van der Waals surface area contributed by atoms with Crippen LogP contribution < -0.4 is 0 Å². The van der Waals surface area contributed by atoms with Crippen LogP contribution in [0, 0.1) is 11.8 Å². The number of hydrogen-bond acceptors (Lipinski definition) is 2. The number of aliphatic hydroxyl groups is 1. The van der Waals surface area contributed by atoms with E-state index in [1.165, 1.54) is 0 Å². The Morgan fingerprint density at radius 2 is 2.12 bits per heavy atom. The van der Waals surface area contributed by atoms with Gasteiger partial charge >= 0.3 is 5.97 Å². The first-order valence-electron chi connectivity index (χ1n) is 5.72. The van der Waals surface area contributed by atoms with Gasteiger partial charge in [-0.2, -0.15) is 0 Å². The highest BCUT2D eigenvalue weighted by molar-refractivity contribution is 5.67. The molecule has 0 heterocycles. The van der Waals surface area contributed by atoms with Crippen molar-refractivity contribution in [3.05, 3.63) is 12.7 Å². The van der Waals surface area contributed by atoms with Gasteiger partial charge in [0.15, 0.2) is 0 Å². The standard InChI is InChI=1S/C12H18F2O3/c1-2-3-9(10(15)5-11(16)17)4-8-6-12(13,14)7-8/h2,8-10,15H,1,3-7H2,(H,16,17). The van der Waals surface area contributed by atoms with Gasteiger partial charge in [0.1, 0.15) is 0 Å². The third-order valence-electron chi connectivity index (χ3n) is 3.21. The number of rotatable bonds is 7. The zero-order valence-electron chi connectivity index (χ0n) is 9.61. The highest BCUT2D eigenvalue weighted by Crippen LogP contribution is 2.46. The normalized spacial score (nSPS) is 22.5. The van der Waals surface area contributed by atoms with Gasteiger partial charge in [0.2, 0.25) is 5.92 Å². The Hall–Kier alpha value is -0.970. The minimum Gasteiger partial charge on any atom is -0.481 e. The first kappa shape index (κ1) is 14.1. The van der Waals surface area contributed by atoms with E-state index in [0.717, 1.165) is 0 Å². The highest BCUT2D eigenvalue weighted by atomic mass is 19.3. The fraction of sp³-hybridized carbons (Fsp3) is 0.750. The third kappa shape index (κ3) is 4.42. The van der Waals surface area contributed by atoms with Crippen LogP contribution in [0.5, 0.6) is 0 Å². The van der Waals surface area contributed by atoms with E-state index in [-0.39, 0.29) is 31.1 Å². The second-order valence-corrected chi connectivity index (χ2v) is 4.82. The van der Waals surface area contributed by atoms with Gasteiger partial charge < -0.3 is 10.2 Å². The quantitative estimate of drug-likeness (QED) is 0.680.